The van der Waals surface area contributed by atoms with Crippen molar-refractivity contribution < 1.29 is 18.7 Å². The van der Waals surface area contributed by atoms with E-state index in [0.29, 0.717) is 25.1 Å². The Balaban J connectivity index is 1.50. The Morgan fingerprint density at radius 2 is 2.00 bits per heavy atom. The van der Waals surface area contributed by atoms with E-state index in [1.165, 1.54) is 12.5 Å². The Bertz CT molecular complexity index is 719. The van der Waals surface area contributed by atoms with E-state index in [9.17, 15) is 9.59 Å². The molecule has 6 nitrogen and oxygen atoms in total. The SMILES string of the molecule is COc1ccccc1CC(=O)N1CCC(NC(=O)c2ccoc2)CC1. The highest BCUT2D eigenvalue weighted by Crippen LogP contribution is 2.20. The lowest BCUT2D eigenvalue weighted by Crippen LogP contribution is -2.46. The van der Waals surface area contributed by atoms with Crippen LogP contribution < -0.4 is 10.1 Å². The summed E-state index contributed by atoms with van der Waals surface area (Å²) in [5, 5.41) is 2.99. The molecular formula is C19H22N2O4. The number of benzene rings is 1. The molecule has 0 saturated carbocycles. The first-order valence-electron chi connectivity index (χ1n) is 8.40. The summed E-state index contributed by atoms with van der Waals surface area (Å²) < 4.78 is 10.2. The van der Waals surface area contributed by atoms with Crippen LogP contribution in [0.2, 0.25) is 0 Å². The van der Waals surface area contributed by atoms with E-state index in [-0.39, 0.29) is 17.9 Å². The number of piperidine rings is 1. The van der Waals surface area contributed by atoms with Crippen LogP contribution in [0.5, 0.6) is 5.75 Å². The van der Waals surface area contributed by atoms with Crippen molar-refractivity contribution in [3.05, 3.63) is 54.0 Å². The van der Waals surface area contributed by atoms with Gasteiger partial charge in [-0.1, -0.05) is 18.2 Å². The number of nitrogens with one attached hydrogen (secondary N) is 1. The zero-order valence-electron chi connectivity index (χ0n) is 14.2. The number of ether oxygens (including phenoxy) is 1. The topological polar surface area (TPSA) is 71.8 Å². The average Bonchev–Trinajstić information content (AvgIpc) is 3.17. The molecule has 0 radical (unpaired) electrons. The summed E-state index contributed by atoms with van der Waals surface area (Å²) in [5.74, 6) is 0.690. The maximum absolute atomic E-state index is 12.5. The van der Waals surface area contributed by atoms with Gasteiger partial charge in [-0.25, -0.2) is 0 Å². The number of nitrogens with zero attached hydrogens (tertiary/aromatic N) is 1. The fourth-order valence-electron chi connectivity index (χ4n) is 3.06. The average molecular weight is 342 g/mol. The summed E-state index contributed by atoms with van der Waals surface area (Å²) in [7, 11) is 1.61. The predicted octanol–water partition coefficient (Wildman–Crippen LogP) is 2.25. The molecule has 0 atom stereocenters. The first-order chi connectivity index (χ1) is 12.2. The Labute approximate surface area is 146 Å². The number of methoxy groups -OCH3 is 1. The van der Waals surface area contributed by atoms with Crippen LogP contribution in [0.15, 0.2) is 47.3 Å². The predicted molar refractivity (Wildman–Crippen MR) is 92.5 cm³/mol. The minimum absolute atomic E-state index is 0.0812. The zero-order chi connectivity index (χ0) is 17.6. The number of carbonyl (C=O) groups is 2. The van der Waals surface area contributed by atoms with Gasteiger partial charge >= 0.3 is 0 Å². The molecule has 25 heavy (non-hydrogen) atoms. The Kier molecular flexibility index (Phi) is 5.38. The van der Waals surface area contributed by atoms with Crippen molar-refractivity contribution in [3.63, 3.8) is 0 Å². The second kappa shape index (κ2) is 7.88. The lowest BCUT2D eigenvalue weighted by atomic mass is 10.0. The van der Waals surface area contributed by atoms with Gasteiger partial charge in [0.2, 0.25) is 5.91 Å². The lowest BCUT2D eigenvalue weighted by molar-refractivity contribution is -0.131. The van der Waals surface area contributed by atoms with Gasteiger partial charge in [0, 0.05) is 24.7 Å². The minimum Gasteiger partial charge on any atom is -0.496 e. The van der Waals surface area contributed by atoms with E-state index in [4.69, 9.17) is 9.15 Å². The summed E-state index contributed by atoms with van der Waals surface area (Å²) in [6, 6.07) is 9.29. The van der Waals surface area contributed by atoms with Gasteiger partial charge in [0.05, 0.1) is 25.4 Å². The smallest absolute Gasteiger partial charge is 0.254 e. The zero-order valence-corrected chi connectivity index (χ0v) is 14.2. The minimum atomic E-state index is -0.132. The highest BCUT2D eigenvalue weighted by Gasteiger charge is 2.24. The number of likely N-dealkylation sites (tertiary alicyclic amines) is 1. The number of furan rings is 1. The quantitative estimate of drug-likeness (QED) is 0.905. The number of amides is 2. The number of rotatable bonds is 5. The van der Waals surface area contributed by atoms with Gasteiger partial charge in [-0.3, -0.25) is 9.59 Å². The van der Waals surface area contributed by atoms with Crippen LogP contribution in [-0.2, 0) is 11.2 Å². The van der Waals surface area contributed by atoms with E-state index in [1.54, 1.807) is 13.2 Å². The maximum Gasteiger partial charge on any atom is 0.254 e. The molecule has 1 aliphatic rings. The molecule has 0 bridgehead atoms. The second-order valence-electron chi connectivity index (χ2n) is 6.13. The van der Waals surface area contributed by atoms with E-state index in [0.717, 1.165) is 24.2 Å². The van der Waals surface area contributed by atoms with E-state index in [2.05, 4.69) is 5.32 Å². The summed E-state index contributed by atoms with van der Waals surface area (Å²) >= 11 is 0. The van der Waals surface area contributed by atoms with Gasteiger partial charge in [-0.05, 0) is 25.0 Å². The van der Waals surface area contributed by atoms with Gasteiger partial charge in [-0.15, -0.1) is 0 Å². The first kappa shape index (κ1) is 17.1. The molecule has 0 spiro atoms. The van der Waals surface area contributed by atoms with Gasteiger partial charge in [0.1, 0.15) is 12.0 Å². The Morgan fingerprint density at radius 3 is 2.68 bits per heavy atom. The standard InChI is InChI=1S/C19H22N2O4/c1-24-17-5-3-2-4-14(17)12-18(22)21-9-6-16(7-10-21)20-19(23)15-8-11-25-13-15/h2-5,8,11,13,16H,6-7,9-10,12H2,1H3,(H,20,23). The lowest BCUT2D eigenvalue weighted by Gasteiger charge is -2.32. The molecule has 1 aliphatic heterocycles. The molecule has 0 aliphatic carbocycles. The molecule has 132 valence electrons. The molecule has 1 N–H and O–H groups in total. The molecule has 0 unspecified atom stereocenters. The van der Waals surface area contributed by atoms with Crippen molar-refractivity contribution >= 4 is 11.8 Å². The highest BCUT2D eigenvalue weighted by molar-refractivity contribution is 5.94. The van der Waals surface area contributed by atoms with Gasteiger partial charge in [-0.2, -0.15) is 0 Å². The molecule has 1 aromatic heterocycles. The van der Waals surface area contributed by atoms with Crippen LogP contribution >= 0.6 is 0 Å². The molecule has 6 heteroatoms. The van der Waals surface area contributed by atoms with Crippen molar-refractivity contribution in [1.82, 2.24) is 10.2 Å². The normalized spacial score (nSPS) is 15.0. The molecular weight excluding hydrogens is 320 g/mol. The van der Waals surface area contributed by atoms with Crippen molar-refractivity contribution in [3.8, 4) is 5.75 Å². The molecule has 1 aromatic carbocycles. The van der Waals surface area contributed by atoms with Gasteiger partial charge in [0.15, 0.2) is 0 Å². The molecule has 1 fully saturated rings. The van der Waals surface area contributed by atoms with Gasteiger partial charge < -0.3 is 19.4 Å². The third kappa shape index (κ3) is 4.21. The summed E-state index contributed by atoms with van der Waals surface area (Å²) in [6.07, 6.45) is 4.74. The molecule has 2 aromatic rings. The molecule has 2 amide bonds. The Morgan fingerprint density at radius 1 is 1.24 bits per heavy atom. The molecule has 3 rings (SSSR count). The number of hydrogen-bond acceptors (Lipinski definition) is 4. The second-order valence-corrected chi connectivity index (χ2v) is 6.13. The Hall–Kier alpha value is -2.76. The fourth-order valence-corrected chi connectivity index (χ4v) is 3.06. The van der Waals surface area contributed by atoms with Crippen LogP contribution in [0.4, 0.5) is 0 Å². The number of carbonyl (C=O) groups excluding carboxylic acids is 2. The van der Waals surface area contributed by atoms with Crippen LogP contribution in [0.25, 0.3) is 0 Å². The molecule has 2 heterocycles. The first-order valence-corrected chi connectivity index (χ1v) is 8.40. The van der Waals surface area contributed by atoms with Crippen LogP contribution in [0, 0.1) is 0 Å². The van der Waals surface area contributed by atoms with E-state index in [1.807, 2.05) is 29.2 Å². The summed E-state index contributed by atoms with van der Waals surface area (Å²) in [6.45, 7) is 1.29. The van der Waals surface area contributed by atoms with Crippen LogP contribution in [-0.4, -0.2) is 43.0 Å². The van der Waals surface area contributed by atoms with Crippen molar-refractivity contribution in [1.29, 1.82) is 0 Å². The maximum atomic E-state index is 12.5. The fraction of sp³-hybridized carbons (Fsp3) is 0.368. The van der Waals surface area contributed by atoms with E-state index >= 15 is 0 Å². The van der Waals surface area contributed by atoms with Crippen LogP contribution in [0.3, 0.4) is 0 Å². The highest BCUT2D eigenvalue weighted by atomic mass is 16.5. The van der Waals surface area contributed by atoms with Crippen LogP contribution in [0.1, 0.15) is 28.8 Å². The largest absolute Gasteiger partial charge is 0.496 e. The van der Waals surface area contributed by atoms with Crippen molar-refractivity contribution in [2.45, 2.75) is 25.3 Å². The van der Waals surface area contributed by atoms with Crippen molar-refractivity contribution in [2.24, 2.45) is 0 Å². The summed E-state index contributed by atoms with van der Waals surface area (Å²) in [4.78, 5) is 26.4. The monoisotopic (exact) mass is 342 g/mol. The summed E-state index contributed by atoms with van der Waals surface area (Å²) in [5.41, 5.74) is 1.42. The van der Waals surface area contributed by atoms with Gasteiger partial charge in [0.25, 0.3) is 5.91 Å². The third-order valence-corrected chi connectivity index (χ3v) is 4.50. The third-order valence-electron chi connectivity index (χ3n) is 4.50. The van der Waals surface area contributed by atoms with E-state index < -0.39 is 0 Å². The number of hydrogen-bond donors (Lipinski definition) is 1. The van der Waals surface area contributed by atoms with Crippen molar-refractivity contribution in [2.75, 3.05) is 20.2 Å². The molecule has 1 saturated heterocycles. The number of para-hydroxylation sites is 1.